The number of fused-ring (bicyclic) bond motifs is 1. The quantitative estimate of drug-likeness (QED) is 0.664. The molecule has 5 nitrogen and oxygen atoms in total. The van der Waals surface area contributed by atoms with Gasteiger partial charge in [0.15, 0.2) is 0 Å². The Morgan fingerprint density at radius 3 is 2.97 bits per heavy atom. The van der Waals surface area contributed by atoms with Crippen LogP contribution in [-0.4, -0.2) is 39.1 Å². The smallest absolute Gasteiger partial charge is 0.251 e. The number of H-pyrrole nitrogens is 1. The molecule has 30 heavy (non-hydrogen) atoms. The molecule has 2 aliphatic heterocycles. The maximum atomic E-state index is 13.8. The summed E-state index contributed by atoms with van der Waals surface area (Å²) in [5.74, 6) is -0.423. The Balaban J connectivity index is 1.38. The summed E-state index contributed by atoms with van der Waals surface area (Å²) in [5.41, 5.74) is 2.13. The largest absolute Gasteiger partial charge is 0.299 e. The molecular weight excluding hydrogens is 403 g/mol. The van der Waals surface area contributed by atoms with Crippen molar-refractivity contribution < 1.29 is 9.18 Å². The predicted molar refractivity (Wildman–Crippen MR) is 116 cm³/mol. The van der Waals surface area contributed by atoms with Crippen LogP contribution in [0.15, 0.2) is 54.6 Å². The summed E-state index contributed by atoms with van der Waals surface area (Å²) in [7, 11) is 0. The van der Waals surface area contributed by atoms with Crippen molar-refractivity contribution in [2.75, 3.05) is 11.4 Å². The Morgan fingerprint density at radius 2 is 2.17 bits per heavy atom. The van der Waals surface area contributed by atoms with Crippen LogP contribution in [0.3, 0.4) is 0 Å². The third kappa shape index (κ3) is 3.20. The molecule has 1 fully saturated rings. The number of hydrogen-bond donors (Lipinski definition) is 1. The molecule has 5 rings (SSSR count). The Hall–Kier alpha value is -2.70. The Kier molecular flexibility index (Phi) is 4.64. The number of nitrogens with one attached hydrogen (secondary N) is 1. The standard InChI is InChI=1S/C23H22ClFN4O/c1-15-13-23(8-7-22(30)29(23)18-4-2-3-17(25)12-18)9-10-28(15)14-21-19-11-16(24)5-6-20(19)26-27-21/h2-8,11-12,15H,9-10,13-14H2,1H3,(H,26,27). The first-order valence-electron chi connectivity index (χ1n) is 10.1. The molecule has 1 aromatic heterocycles. The van der Waals surface area contributed by atoms with E-state index >= 15 is 0 Å². The first-order valence-corrected chi connectivity index (χ1v) is 10.5. The van der Waals surface area contributed by atoms with E-state index in [0.29, 0.717) is 10.7 Å². The molecular formula is C23H22ClFN4O. The number of amides is 1. The van der Waals surface area contributed by atoms with Crippen molar-refractivity contribution >= 4 is 34.1 Å². The number of aromatic amines is 1. The Morgan fingerprint density at radius 1 is 1.30 bits per heavy atom. The summed E-state index contributed by atoms with van der Waals surface area (Å²) < 4.78 is 13.8. The number of anilines is 1. The minimum Gasteiger partial charge on any atom is -0.299 e. The topological polar surface area (TPSA) is 52.2 Å². The van der Waals surface area contributed by atoms with Gasteiger partial charge in [-0.25, -0.2) is 4.39 Å². The van der Waals surface area contributed by atoms with Gasteiger partial charge in [0.1, 0.15) is 5.82 Å². The van der Waals surface area contributed by atoms with Gasteiger partial charge < -0.3 is 0 Å². The van der Waals surface area contributed by atoms with E-state index in [4.69, 9.17) is 11.6 Å². The van der Waals surface area contributed by atoms with E-state index < -0.39 is 5.54 Å². The fraction of sp³-hybridized carbons (Fsp3) is 0.304. The second kappa shape index (κ2) is 7.22. The van der Waals surface area contributed by atoms with E-state index in [-0.39, 0.29) is 17.8 Å². The van der Waals surface area contributed by atoms with Crippen molar-refractivity contribution in [2.45, 2.75) is 37.9 Å². The van der Waals surface area contributed by atoms with Crippen LogP contribution in [0.25, 0.3) is 10.9 Å². The highest BCUT2D eigenvalue weighted by molar-refractivity contribution is 6.31. The molecule has 2 atom stereocenters. The monoisotopic (exact) mass is 424 g/mol. The number of piperidine rings is 1. The first kappa shape index (κ1) is 19.3. The average Bonchev–Trinajstić information content (AvgIpc) is 3.25. The fourth-order valence-electron chi connectivity index (χ4n) is 4.84. The second-order valence-electron chi connectivity index (χ2n) is 8.23. The van der Waals surface area contributed by atoms with Crippen LogP contribution in [0.5, 0.6) is 0 Å². The Labute approximate surface area is 179 Å². The Bertz CT molecular complexity index is 1160. The van der Waals surface area contributed by atoms with Gasteiger partial charge in [-0.3, -0.25) is 19.7 Å². The third-order valence-corrected chi connectivity index (χ3v) is 6.56. The van der Waals surface area contributed by atoms with Crippen molar-refractivity contribution in [1.82, 2.24) is 15.1 Å². The highest BCUT2D eigenvalue weighted by Crippen LogP contribution is 2.41. The van der Waals surface area contributed by atoms with E-state index in [1.54, 1.807) is 23.1 Å². The number of likely N-dealkylation sites (tertiary alicyclic amines) is 1. The number of carbonyl (C=O) groups excluding carboxylic acids is 1. The molecule has 154 valence electrons. The van der Waals surface area contributed by atoms with E-state index in [2.05, 4.69) is 22.0 Å². The zero-order valence-corrected chi connectivity index (χ0v) is 17.4. The van der Waals surface area contributed by atoms with Crippen LogP contribution in [0.1, 0.15) is 25.5 Å². The summed E-state index contributed by atoms with van der Waals surface area (Å²) in [6.45, 7) is 3.71. The van der Waals surface area contributed by atoms with Gasteiger partial charge in [-0.1, -0.05) is 23.7 Å². The van der Waals surface area contributed by atoms with Crippen LogP contribution in [0, 0.1) is 5.82 Å². The van der Waals surface area contributed by atoms with Gasteiger partial charge in [0.2, 0.25) is 0 Å². The number of nitrogens with zero attached hydrogens (tertiary/aromatic N) is 3. The van der Waals surface area contributed by atoms with E-state index in [0.717, 1.165) is 42.5 Å². The highest BCUT2D eigenvalue weighted by Gasteiger charge is 2.46. The third-order valence-electron chi connectivity index (χ3n) is 6.33. The summed E-state index contributed by atoms with van der Waals surface area (Å²) in [5, 5.41) is 9.25. The van der Waals surface area contributed by atoms with Crippen molar-refractivity contribution in [3.8, 4) is 0 Å². The number of hydrogen-bond acceptors (Lipinski definition) is 3. The van der Waals surface area contributed by atoms with Gasteiger partial charge in [0.25, 0.3) is 5.91 Å². The van der Waals surface area contributed by atoms with Crippen LogP contribution in [0.2, 0.25) is 5.02 Å². The van der Waals surface area contributed by atoms with Gasteiger partial charge in [-0.2, -0.15) is 5.10 Å². The van der Waals surface area contributed by atoms with Gasteiger partial charge in [0.05, 0.1) is 16.7 Å². The first-order chi connectivity index (χ1) is 14.4. The average molecular weight is 425 g/mol. The molecule has 1 saturated heterocycles. The zero-order chi connectivity index (χ0) is 20.9. The van der Waals surface area contributed by atoms with Crippen molar-refractivity contribution in [3.05, 3.63) is 71.2 Å². The second-order valence-corrected chi connectivity index (χ2v) is 8.66. The van der Waals surface area contributed by atoms with Gasteiger partial charge in [0, 0.05) is 41.3 Å². The number of halogens is 2. The lowest BCUT2D eigenvalue weighted by Crippen LogP contribution is -2.56. The molecule has 1 spiro atoms. The lowest BCUT2D eigenvalue weighted by Gasteiger charge is -2.47. The fourth-order valence-corrected chi connectivity index (χ4v) is 5.02. The molecule has 2 aliphatic rings. The molecule has 0 radical (unpaired) electrons. The molecule has 1 N–H and O–H groups in total. The predicted octanol–water partition coefficient (Wildman–Crippen LogP) is 4.68. The summed E-state index contributed by atoms with van der Waals surface area (Å²) in [6.07, 6.45) is 5.18. The minimum atomic E-state index is -0.417. The minimum absolute atomic E-state index is 0.0875. The molecule has 3 aromatic rings. The van der Waals surface area contributed by atoms with E-state index in [1.165, 1.54) is 12.1 Å². The van der Waals surface area contributed by atoms with Crippen LogP contribution in [0.4, 0.5) is 10.1 Å². The normalized spacial score (nSPS) is 24.4. The van der Waals surface area contributed by atoms with Crippen molar-refractivity contribution in [1.29, 1.82) is 0 Å². The molecule has 2 unspecified atom stereocenters. The van der Waals surface area contributed by atoms with Crippen molar-refractivity contribution in [3.63, 3.8) is 0 Å². The molecule has 7 heteroatoms. The molecule has 0 aliphatic carbocycles. The van der Waals surface area contributed by atoms with Crippen molar-refractivity contribution in [2.24, 2.45) is 0 Å². The number of benzene rings is 2. The van der Waals surface area contributed by atoms with Gasteiger partial charge in [-0.15, -0.1) is 0 Å². The van der Waals surface area contributed by atoms with Crippen LogP contribution >= 0.6 is 11.6 Å². The highest BCUT2D eigenvalue weighted by atomic mass is 35.5. The van der Waals surface area contributed by atoms with E-state index in [9.17, 15) is 9.18 Å². The number of rotatable bonds is 3. The van der Waals surface area contributed by atoms with Crippen LogP contribution in [-0.2, 0) is 11.3 Å². The lowest BCUT2D eigenvalue weighted by molar-refractivity contribution is -0.114. The summed E-state index contributed by atoms with van der Waals surface area (Å²) >= 11 is 6.17. The summed E-state index contributed by atoms with van der Waals surface area (Å²) in [4.78, 5) is 16.8. The molecule has 2 aromatic carbocycles. The molecule has 3 heterocycles. The lowest BCUT2D eigenvalue weighted by atomic mass is 9.83. The maximum Gasteiger partial charge on any atom is 0.251 e. The molecule has 0 saturated carbocycles. The number of aromatic nitrogens is 2. The molecule has 1 amide bonds. The van der Waals surface area contributed by atoms with Gasteiger partial charge >= 0.3 is 0 Å². The van der Waals surface area contributed by atoms with E-state index in [1.807, 2.05) is 24.3 Å². The summed E-state index contributed by atoms with van der Waals surface area (Å²) in [6, 6.07) is 12.2. The van der Waals surface area contributed by atoms with Gasteiger partial charge in [-0.05, 0) is 56.2 Å². The van der Waals surface area contributed by atoms with Crippen LogP contribution < -0.4 is 4.90 Å². The number of carbonyl (C=O) groups is 1. The molecule has 0 bridgehead atoms. The maximum absolute atomic E-state index is 13.8. The SMILES string of the molecule is CC1CC2(C=CC(=O)N2c2cccc(F)c2)CCN1Cc1[nH]nc2ccc(Cl)cc12. The zero-order valence-electron chi connectivity index (χ0n) is 16.6.